The van der Waals surface area contributed by atoms with Crippen LogP contribution in [0.15, 0.2) is 30.3 Å². The summed E-state index contributed by atoms with van der Waals surface area (Å²) in [7, 11) is -3.22. The van der Waals surface area contributed by atoms with Crippen LogP contribution in [0, 0.1) is 0 Å². The Kier molecular flexibility index (Phi) is 4.96. The van der Waals surface area contributed by atoms with Gasteiger partial charge in [0.25, 0.3) is 0 Å². The Morgan fingerprint density at radius 2 is 1.95 bits per heavy atom. The van der Waals surface area contributed by atoms with Crippen molar-refractivity contribution < 1.29 is 8.42 Å². The van der Waals surface area contributed by atoms with Crippen LogP contribution in [0.1, 0.15) is 37.8 Å². The van der Waals surface area contributed by atoms with Gasteiger partial charge in [0.2, 0.25) is 10.0 Å². The summed E-state index contributed by atoms with van der Waals surface area (Å²) >= 11 is 0. The van der Waals surface area contributed by atoms with E-state index < -0.39 is 10.0 Å². The minimum absolute atomic E-state index is 0.132. The van der Waals surface area contributed by atoms with Gasteiger partial charge < -0.3 is 5.32 Å². The molecule has 1 unspecified atom stereocenters. The molecule has 1 aromatic carbocycles. The molecule has 0 spiro atoms. The molecule has 0 amide bonds. The Hall–Kier alpha value is -0.910. The van der Waals surface area contributed by atoms with E-state index in [1.165, 1.54) is 12.8 Å². The lowest BCUT2D eigenvalue weighted by molar-refractivity contribution is 0.546. The summed E-state index contributed by atoms with van der Waals surface area (Å²) in [6.45, 7) is 2.52. The van der Waals surface area contributed by atoms with Crippen LogP contribution in [-0.2, 0) is 10.0 Å². The van der Waals surface area contributed by atoms with Crippen LogP contribution in [-0.4, -0.2) is 26.8 Å². The fraction of sp³-hybridized carbons (Fsp3) is 0.571. The predicted molar refractivity (Wildman–Crippen MR) is 77.4 cm³/mol. The molecule has 106 valence electrons. The van der Waals surface area contributed by atoms with E-state index in [2.05, 4.69) is 10.0 Å². The topological polar surface area (TPSA) is 58.2 Å². The molecule has 2 N–H and O–H groups in total. The van der Waals surface area contributed by atoms with E-state index in [-0.39, 0.29) is 11.8 Å². The maximum absolute atomic E-state index is 12.0. The molecule has 1 atom stereocenters. The van der Waals surface area contributed by atoms with Crippen LogP contribution >= 0.6 is 0 Å². The molecule has 0 aromatic heterocycles. The number of benzene rings is 1. The van der Waals surface area contributed by atoms with Gasteiger partial charge in [-0.3, -0.25) is 0 Å². The highest BCUT2D eigenvalue weighted by atomic mass is 32.2. The van der Waals surface area contributed by atoms with E-state index in [4.69, 9.17) is 0 Å². The summed E-state index contributed by atoms with van der Waals surface area (Å²) in [5.74, 6) is 0.146. The van der Waals surface area contributed by atoms with Crippen LogP contribution < -0.4 is 10.0 Å². The zero-order valence-corrected chi connectivity index (χ0v) is 12.1. The number of hydrogen-bond acceptors (Lipinski definition) is 3. The lowest BCUT2D eigenvalue weighted by Crippen LogP contribution is -2.34. The second-order valence-electron chi connectivity index (χ2n) is 5.04. The molecule has 0 heterocycles. The quantitative estimate of drug-likeness (QED) is 0.764. The molecule has 19 heavy (non-hydrogen) atoms. The van der Waals surface area contributed by atoms with Gasteiger partial charge in [0.1, 0.15) is 0 Å². The molecule has 0 aliphatic heterocycles. The zero-order valence-electron chi connectivity index (χ0n) is 11.3. The molecule has 0 bridgehead atoms. The molecule has 4 nitrogen and oxygen atoms in total. The van der Waals surface area contributed by atoms with Crippen molar-refractivity contribution in [2.75, 3.05) is 12.3 Å². The average Bonchev–Trinajstić information content (AvgIpc) is 3.21. The van der Waals surface area contributed by atoms with E-state index in [1.807, 2.05) is 37.3 Å². The third-order valence-corrected chi connectivity index (χ3v) is 4.70. The summed E-state index contributed by atoms with van der Waals surface area (Å²) in [5, 5.41) is 3.22. The first-order valence-corrected chi connectivity index (χ1v) is 8.54. The van der Waals surface area contributed by atoms with Gasteiger partial charge in [-0.15, -0.1) is 0 Å². The number of hydrogen-bond donors (Lipinski definition) is 2. The lowest BCUT2D eigenvalue weighted by atomic mass is 10.1. The van der Waals surface area contributed by atoms with Crippen LogP contribution in [0.25, 0.3) is 0 Å². The van der Waals surface area contributed by atoms with Gasteiger partial charge in [-0.05, 0) is 24.8 Å². The van der Waals surface area contributed by atoms with Crippen molar-refractivity contribution in [3.8, 4) is 0 Å². The van der Waals surface area contributed by atoms with Gasteiger partial charge in [0.15, 0.2) is 0 Å². The highest BCUT2D eigenvalue weighted by Gasteiger charge is 2.22. The summed E-state index contributed by atoms with van der Waals surface area (Å²) < 4.78 is 26.8. The highest BCUT2D eigenvalue weighted by Crippen LogP contribution is 2.19. The van der Waals surface area contributed by atoms with Crippen molar-refractivity contribution in [2.45, 2.75) is 38.3 Å². The van der Waals surface area contributed by atoms with Gasteiger partial charge in [-0.25, -0.2) is 13.1 Å². The Labute approximate surface area is 115 Å². The summed E-state index contributed by atoms with van der Waals surface area (Å²) in [5.41, 5.74) is 1.02. The molecule has 1 saturated carbocycles. The van der Waals surface area contributed by atoms with Crippen molar-refractivity contribution >= 4 is 10.0 Å². The third kappa shape index (κ3) is 4.93. The van der Waals surface area contributed by atoms with E-state index in [0.29, 0.717) is 12.6 Å². The predicted octanol–water partition coefficient (Wildman–Crippen LogP) is 1.81. The standard InChI is InChI=1S/C14H22N2O2S/c1-2-14(12-6-4-3-5-7-12)16-19(17,18)11-10-15-13-8-9-13/h3-7,13-16H,2,8-11H2,1H3. The number of rotatable bonds is 8. The molecule has 1 aliphatic carbocycles. The summed E-state index contributed by atoms with van der Waals surface area (Å²) in [6, 6.07) is 10.1. The van der Waals surface area contributed by atoms with E-state index in [9.17, 15) is 8.42 Å². The maximum Gasteiger partial charge on any atom is 0.213 e. The molecule has 1 aliphatic rings. The first kappa shape index (κ1) is 14.5. The molecule has 1 aromatic rings. The maximum atomic E-state index is 12.0. The van der Waals surface area contributed by atoms with Crippen molar-refractivity contribution in [2.24, 2.45) is 0 Å². The molecule has 0 saturated heterocycles. The smallest absolute Gasteiger partial charge is 0.213 e. The Bertz CT molecular complexity index is 483. The molecule has 1 fully saturated rings. The van der Waals surface area contributed by atoms with Crippen LogP contribution in [0.2, 0.25) is 0 Å². The first-order chi connectivity index (χ1) is 9.11. The first-order valence-electron chi connectivity index (χ1n) is 6.89. The van der Waals surface area contributed by atoms with E-state index >= 15 is 0 Å². The number of sulfonamides is 1. The molecular weight excluding hydrogens is 260 g/mol. The van der Waals surface area contributed by atoms with E-state index in [1.54, 1.807) is 0 Å². The monoisotopic (exact) mass is 282 g/mol. The average molecular weight is 282 g/mol. The van der Waals surface area contributed by atoms with Crippen molar-refractivity contribution in [1.82, 2.24) is 10.0 Å². The Morgan fingerprint density at radius 3 is 2.53 bits per heavy atom. The van der Waals surface area contributed by atoms with Gasteiger partial charge in [0.05, 0.1) is 5.75 Å². The SMILES string of the molecule is CCC(NS(=O)(=O)CCNC1CC1)c1ccccc1. The van der Waals surface area contributed by atoms with Gasteiger partial charge >= 0.3 is 0 Å². The Morgan fingerprint density at radius 1 is 1.26 bits per heavy atom. The zero-order chi connectivity index (χ0) is 13.7. The largest absolute Gasteiger partial charge is 0.313 e. The molecule has 0 radical (unpaired) electrons. The van der Waals surface area contributed by atoms with Crippen molar-refractivity contribution in [3.63, 3.8) is 0 Å². The van der Waals surface area contributed by atoms with Crippen LogP contribution in [0.4, 0.5) is 0 Å². The fourth-order valence-corrected chi connectivity index (χ4v) is 3.27. The second kappa shape index (κ2) is 6.50. The van der Waals surface area contributed by atoms with Crippen molar-refractivity contribution in [1.29, 1.82) is 0 Å². The highest BCUT2D eigenvalue weighted by molar-refractivity contribution is 7.89. The second-order valence-corrected chi connectivity index (χ2v) is 6.91. The van der Waals surface area contributed by atoms with Gasteiger partial charge in [-0.2, -0.15) is 0 Å². The van der Waals surface area contributed by atoms with Crippen LogP contribution in [0.5, 0.6) is 0 Å². The molecule has 5 heteroatoms. The van der Waals surface area contributed by atoms with Crippen molar-refractivity contribution in [3.05, 3.63) is 35.9 Å². The minimum Gasteiger partial charge on any atom is -0.313 e. The van der Waals surface area contributed by atoms with Gasteiger partial charge in [-0.1, -0.05) is 37.3 Å². The minimum atomic E-state index is -3.22. The van der Waals surface area contributed by atoms with Crippen LogP contribution in [0.3, 0.4) is 0 Å². The third-order valence-electron chi connectivity index (χ3n) is 3.31. The van der Waals surface area contributed by atoms with E-state index in [0.717, 1.165) is 12.0 Å². The lowest BCUT2D eigenvalue weighted by Gasteiger charge is -2.17. The summed E-state index contributed by atoms with van der Waals surface area (Å²) in [6.07, 6.45) is 3.10. The number of nitrogens with one attached hydrogen (secondary N) is 2. The normalized spacial score (nSPS) is 17.3. The fourth-order valence-electron chi connectivity index (χ4n) is 2.03. The molecule has 2 rings (SSSR count). The Balaban J connectivity index is 1.88. The summed E-state index contributed by atoms with van der Waals surface area (Å²) in [4.78, 5) is 0. The van der Waals surface area contributed by atoms with Gasteiger partial charge in [0, 0.05) is 18.6 Å². The molecular formula is C14H22N2O2S.